The number of ether oxygens (including phenoxy) is 2. The predicted molar refractivity (Wildman–Crippen MR) is 147 cm³/mol. The van der Waals surface area contributed by atoms with E-state index in [4.69, 9.17) is 18.5 Å². The van der Waals surface area contributed by atoms with Gasteiger partial charge in [-0.1, -0.05) is 42.1 Å². The van der Waals surface area contributed by atoms with Crippen LogP contribution in [0.2, 0.25) is 0 Å². The highest BCUT2D eigenvalue weighted by Crippen LogP contribution is 2.46. The molecule has 1 fully saturated rings. The zero-order valence-corrected chi connectivity index (χ0v) is 24.5. The zero-order chi connectivity index (χ0) is 29.6. The fraction of sp³-hybridized carbons (Fsp3) is 0.560. The summed E-state index contributed by atoms with van der Waals surface area (Å²) in [6.07, 6.45) is -2.72. The van der Waals surface area contributed by atoms with E-state index in [2.05, 4.69) is 10.1 Å². The van der Waals surface area contributed by atoms with Crippen LogP contribution in [0.25, 0.3) is 0 Å². The molecule has 1 aromatic heterocycles. The Hall–Kier alpha value is -2.13. The number of aliphatic hydroxyl groups is 3. The molecule has 1 aromatic carbocycles. The van der Waals surface area contributed by atoms with Crippen molar-refractivity contribution in [2.24, 2.45) is 5.41 Å². The molecule has 4 N–H and O–H groups in total. The largest absolute Gasteiger partial charge is 0.481 e. The Labute approximate surface area is 236 Å². The van der Waals surface area contributed by atoms with E-state index in [-0.39, 0.29) is 36.5 Å². The number of methoxy groups -OCH3 is 1. The number of benzene rings is 1. The van der Waals surface area contributed by atoms with Gasteiger partial charge in [-0.15, -0.1) is 0 Å². The van der Waals surface area contributed by atoms with Gasteiger partial charge in [0.1, 0.15) is 17.8 Å². The van der Waals surface area contributed by atoms with E-state index in [0.717, 1.165) is 21.9 Å². The summed E-state index contributed by atoms with van der Waals surface area (Å²) in [6, 6.07) is 10.5. The molecule has 40 heavy (non-hydrogen) atoms. The van der Waals surface area contributed by atoms with Crippen LogP contribution >= 0.6 is 19.5 Å². The van der Waals surface area contributed by atoms with Crippen LogP contribution in [0.3, 0.4) is 0 Å². The van der Waals surface area contributed by atoms with Crippen LogP contribution in [0.1, 0.15) is 32.6 Å². The molecule has 0 radical (unpaired) electrons. The summed E-state index contributed by atoms with van der Waals surface area (Å²) < 4.78 is 36.5. The lowest BCUT2D eigenvalue weighted by Gasteiger charge is -2.27. The number of nitrogens with zero attached hydrogens (tertiary/aromatic N) is 2. The lowest BCUT2D eigenvalue weighted by molar-refractivity contribution is -0.119. The fourth-order valence-corrected chi connectivity index (χ4v) is 5.94. The zero-order valence-electron chi connectivity index (χ0n) is 22.8. The fourth-order valence-electron chi connectivity index (χ4n) is 3.70. The summed E-state index contributed by atoms with van der Waals surface area (Å²) in [5.74, 6) is 0.219. The average Bonchev–Trinajstić information content (AvgIpc) is 3.17. The minimum Gasteiger partial charge on any atom is -0.481 e. The van der Waals surface area contributed by atoms with Gasteiger partial charge in [0.25, 0.3) is 0 Å². The molecule has 1 unspecified atom stereocenters. The highest BCUT2D eigenvalue weighted by Gasteiger charge is 2.54. The highest BCUT2D eigenvalue weighted by molar-refractivity contribution is 8.13. The Bertz CT molecular complexity index is 1240. The van der Waals surface area contributed by atoms with Crippen molar-refractivity contribution in [2.45, 2.75) is 51.4 Å². The van der Waals surface area contributed by atoms with E-state index in [1.54, 1.807) is 13.8 Å². The molecule has 2 aromatic rings. The summed E-state index contributed by atoms with van der Waals surface area (Å²) in [5, 5.41) is 33.7. The summed E-state index contributed by atoms with van der Waals surface area (Å²) in [7, 11) is -2.67. The van der Waals surface area contributed by atoms with Crippen molar-refractivity contribution >= 4 is 24.6 Å². The summed E-state index contributed by atoms with van der Waals surface area (Å²) in [4.78, 5) is 28.4. The van der Waals surface area contributed by atoms with Gasteiger partial charge in [0, 0.05) is 24.6 Å². The van der Waals surface area contributed by atoms with Crippen LogP contribution in [-0.4, -0.2) is 80.5 Å². The Kier molecular flexibility index (Phi) is 11.1. The number of hydrogen-bond acceptors (Lipinski definition) is 12. The molecule has 1 aliphatic rings. The Balaban J connectivity index is 1.69. The van der Waals surface area contributed by atoms with Crippen molar-refractivity contribution in [2.75, 3.05) is 32.7 Å². The molecule has 0 saturated carbocycles. The first-order valence-electron chi connectivity index (χ1n) is 12.5. The summed E-state index contributed by atoms with van der Waals surface area (Å²) >= 11 is 0.935. The second kappa shape index (κ2) is 13.7. The van der Waals surface area contributed by atoms with Gasteiger partial charge in [-0.2, -0.15) is 4.98 Å². The smallest absolute Gasteiger partial charge is 0.405 e. The molecule has 222 valence electrons. The lowest BCUT2D eigenvalue weighted by atomic mass is 9.96. The van der Waals surface area contributed by atoms with Crippen molar-refractivity contribution in [1.29, 1.82) is 0 Å². The molecule has 3 rings (SSSR count). The van der Waals surface area contributed by atoms with E-state index in [9.17, 15) is 29.5 Å². The minimum absolute atomic E-state index is 0.0710. The van der Waals surface area contributed by atoms with Crippen molar-refractivity contribution in [3.63, 3.8) is 0 Å². The number of rotatable bonds is 14. The van der Waals surface area contributed by atoms with E-state index < -0.39 is 49.5 Å². The molecule has 0 aliphatic carbocycles. The van der Waals surface area contributed by atoms with E-state index in [1.807, 2.05) is 30.3 Å². The first-order valence-corrected chi connectivity index (χ1v) is 15.0. The van der Waals surface area contributed by atoms with E-state index in [0.29, 0.717) is 0 Å². The maximum Gasteiger partial charge on any atom is 0.405 e. The molecule has 0 amide bonds. The molecule has 1 aliphatic heterocycles. The number of hydrogen-bond donors (Lipinski definition) is 4. The van der Waals surface area contributed by atoms with Crippen molar-refractivity contribution in [3.05, 3.63) is 58.6 Å². The minimum atomic E-state index is -4.02. The van der Waals surface area contributed by atoms with Crippen molar-refractivity contribution < 1.29 is 43.2 Å². The van der Waals surface area contributed by atoms with Gasteiger partial charge in [-0.05, 0) is 26.3 Å². The average molecular weight is 602 g/mol. The normalized spacial score (nSPS) is 24.5. The van der Waals surface area contributed by atoms with Crippen LogP contribution in [-0.2, 0) is 29.7 Å². The third kappa shape index (κ3) is 7.99. The third-order valence-corrected chi connectivity index (χ3v) is 9.02. The van der Waals surface area contributed by atoms with Gasteiger partial charge in [0.05, 0.1) is 32.3 Å². The highest BCUT2D eigenvalue weighted by atomic mass is 32.2. The first-order chi connectivity index (χ1) is 18.8. The van der Waals surface area contributed by atoms with E-state index >= 15 is 0 Å². The monoisotopic (exact) mass is 601 g/mol. The number of nitrogens with one attached hydrogen (secondary N) is 1. The van der Waals surface area contributed by atoms with Crippen LogP contribution in [0, 0.1) is 5.41 Å². The SMILES string of the molecule is COc1ccn([C@@H]2O[C@H](COP(=O)(NCc3ccccc3)OCCSC(=O)C(C)(C)CO)[C@@H](O)[C@@]2(C)O)c(=O)n1. The second-order valence-electron chi connectivity index (χ2n) is 9.98. The Morgan fingerprint density at radius 3 is 2.60 bits per heavy atom. The Morgan fingerprint density at radius 2 is 1.98 bits per heavy atom. The van der Waals surface area contributed by atoms with Crippen LogP contribution < -0.4 is 15.5 Å². The number of aliphatic hydroxyl groups excluding tert-OH is 2. The van der Waals surface area contributed by atoms with Gasteiger partial charge in [-0.25, -0.2) is 14.4 Å². The van der Waals surface area contributed by atoms with Crippen LogP contribution in [0.4, 0.5) is 0 Å². The van der Waals surface area contributed by atoms with Crippen molar-refractivity contribution in [1.82, 2.24) is 14.6 Å². The summed E-state index contributed by atoms with van der Waals surface area (Å²) in [6.45, 7) is 3.75. The van der Waals surface area contributed by atoms with Crippen LogP contribution in [0.15, 0.2) is 47.4 Å². The molecule has 15 heteroatoms. The third-order valence-electron chi connectivity index (χ3n) is 6.27. The number of aromatic nitrogens is 2. The van der Waals surface area contributed by atoms with Gasteiger partial charge >= 0.3 is 13.4 Å². The molecule has 2 heterocycles. The van der Waals surface area contributed by atoms with Gasteiger partial charge in [0.15, 0.2) is 11.3 Å². The number of thioether (sulfide) groups is 1. The predicted octanol–water partition coefficient (Wildman–Crippen LogP) is 1.47. The van der Waals surface area contributed by atoms with E-state index in [1.165, 1.54) is 26.3 Å². The topological polar surface area (TPSA) is 179 Å². The molecule has 0 spiro atoms. The standard InChI is InChI=1S/C25H36N3O10PS/c1-24(2,16-29)22(31)40-13-12-36-39(34,26-14-17-8-6-5-7-9-17)37-15-18-20(30)25(3,33)21(38-18)28-11-10-19(35-4)27-23(28)32/h5-11,18,20-21,29-30,33H,12-16H2,1-4H3,(H,26,34)/t18-,20-,21-,25-,39?/m1/s1. The Morgan fingerprint density at radius 1 is 1.27 bits per heavy atom. The maximum atomic E-state index is 13.6. The molecule has 1 saturated heterocycles. The number of carbonyl (C=O) groups is 1. The van der Waals surface area contributed by atoms with Gasteiger partial charge < -0.3 is 24.8 Å². The van der Waals surface area contributed by atoms with Gasteiger partial charge in [0.2, 0.25) is 5.88 Å². The lowest BCUT2D eigenvalue weighted by Crippen LogP contribution is -2.46. The first kappa shape index (κ1) is 32.4. The van der Waals surface area contributed by atoms with Crippen LogP contribution in [0.5, 0.6) is 5.88 Å². The molecule has 13 nitrogen and oxygen atoms in total. The summed E-state index contributed by atoms with van der Waals surface area (Å²) in [5.41, 5.74) is -2.82. The van der Waals surface area contributed by atoms with Crippen molar-refractivity contribution in [3.8, 4) is 5.88 Å². The number of carbonyl (C=O) groups excluding carboxylic acids is 1. The molecular weight excluding hydrogens is 565 g/mol. The quantitative estimate of drug-likeness (QED) is 0.181. The molecule has 5 atom stereocenters. The molecular formula is C25H36N3O10PS. The van der Waals surface area contributed by atoms with Gasteiger partial charge in [-0.3, -0.25) is 18.4 Å². The molecule has 0 bridgehead atoms. The second-order valence-corrected chi connectivity index (χ2v) is 12.9. The maximum absolute atomic E-state index is 13.6.